The van der Waals surface area contributed by atoms with E-state index in [2.05, 4.69) is 48.4 Å². The Morgan fingerprint density at radius 2 is 1.76 bits per heavy atom. The van der Waals surface area contributed by atoms with Crippen molar-refractivity contribution < 1.29 is 4.74 Å². The van der Waals surface area contributed by atoms with E-state index in [0.717, 1.165) is 17.2 Å². The lowest BCUT2D eigenvalue weighted by Crippen LogP contribution is -2.32. The Kier molecular flexibility index (Phi) is 6.84. The molecule has 21 heavy (non-hydrogen) atoms. The van der Waals surface area contributed by atoms with Gasteiger partial charge in [-0.25, -0.2) is 15.8 Å². The highest BCUT2D eigenvalue weighted by molar-refractivity contribution is 5.57. The number of hydrogen-bond acceptors (Lipinski definition) is 6. The van der Waals surface area contributed by atoms with Crippen LogP contribution in [0.2, 0.25) is 0 Å². The summed E-state index contributed by atoms with van der Waals surface area (Å²) in [6.45, 7) is 13.8. The first-order valence-corrected chi connectivity index (χ1v) is 7.60. The number of nitrogens with one attached hydrogen (secondary N) is 2. The van der Waals surface area contributed by atoms with Crippen molar-refractivity contribution in [2.75, 3.05) is 24.0 Å². The van der Waals surface area contributed by atoms with Gasteiger partial charge in [0, 0.05) is 18.1 Å². The summed E-state index contributed by atoms with van der Waals surface area (Å²) in [5, 5.41) is 3.48. The minimum atomic E-state index is 0.198. The van der Waals surface area contributed by atoms with Crippen LogP contribution in [0.25, 0.3) is 0 Å². The predicted molar refractivity (Wildman–Crippen MR) is 87.4 cm³/mol. The molecule has 6 heteroatoms. The second-order valence-electron chi connectivity index (χ2n) is 5.86. The van der Waals surface area contributed by atoms with Gasteiger partial charge in [-0.1, -0.05) is 27.7 Å². The molecule has 0 aromatic carbocycles. The van der Waals surface area contributed by atoms with Gasteiger partial charge in [-0.15, -0.1) is 0 Å². The molecule has 1 rings (SSSR count). The van der Waals surface area contributed by atoms with E-state index in [1.165, 1.54) is 0 Å². The van der Waals surface area contributed by atoms with Crippen LogP contribution in [0.15, 0.2) is 0 Å². The van der Waals surface area contributed by atoms with Crippen molar-refractivity contribution >= 4 is 11.6 Å². The fourth-order valence-corrected chi connectivity index (χ4v) is 1.89. The average Bonchev–Trinajstić information content (AvgIpc) is 2.44. The fraction of sp³-hybridized carbons (Fsp3) is 0.733. The molecule has 0 aliphatic heterocycles. The van der Waals surface area contributed by atoms with Gasteiger partial charge in [0.2, 0.25) is 0 Å². The van der Waals surface area contributed by atoms with E-state index < -0.39 is 0 Å². The first-order valence-electron chi connectivity index (χ1n) is 7.60. The van der Waals surface area contributed by atoms with Crippen LogP contribution in [0.4, 0.5) is 11.6 Å². The molecule has 1 atom stereocenters. The Balaban J connectivity index is 3.06. The van der Waals surface area contributed by atoms with Gasteiger partial charge in [-0.2, -0.15) is 0 Å². The van der Waals surface area contributed by atoms with Gasteiger partial charge in [0.1, 0.15) is 17.5 Å². The Morgan fingerprint density at radius 3 is 2.24 bits per heavy atom. The summed E-state index contributed by atoms with van der Waals surface area (Å²) in [4.78, 5) is 9.08. The zero-order valence-electron chi connectivity index (χ0n) is 14.0. The van der Waals surface area contributed by atoms with E-state index in [1.54, 1.807) is 0 Å². The molecule has 6 nitrogen and oxygen atoms in total. The molecule has 1 heterocycles. The van der Waals surface area contributed by atoms with Crippen molar-refractivity contribution in [2.45, 2.75) is 53.5 Å². The van der Waals surface area contributed by atoms with Gasteiger partial charge >= 0.3 is 0 Å². The third-order valence-corrected chi connectivity index (χ3v) is 3.44. The minimum absolute atomic E-state index is 0.198. The van der Waals surface area contributed by atoms with Crippen LogP contribution in [0, 0.1) is 12.8 Å². The Hall–Kier alpha value is -1.40. The van der Waals surface area contributed by atoms with Crippen LogP contribution in [0.1, 0.15) is 51.9 Å². The molecule has 1 unspecified atom stereocenters. The predicted octanol–water partition coefficient (Wildman–Crippen LogP) is 2.67. The topological polar surface area (TPSA) is 85.1 Å². The lowest BCUT2D eigenvalue weighted by Gasteiger charge is -2.24. The Bertz CT molecular complexity index is 448. The van der Waals surface area contributed by atoms with Crippen LogP contribution in [-0.4, -0.2) is 29.2 Å². The molecule has 1 aromatic heterocycles. The van der Waals surface area contributed by atoms with E-state index >= 15 is 0 Å². The maximum Gasteiger partial charge on any atom is 0.148 e. The second-order valence-corrected chi connectivity index (χ2v) is 5.86. The van der Waals surface area contributed by atoms with Gasteiger partial charge in [0.25, 0.3) is 0 Å². The smallest absolute Gasteiger partial charge is 0.148 e. The largest absolute Gasteiger partial charge is 0.380 e. The highest BCUT2D eigenvalue weighted by atomic mass is 16.5. The maximum atomic E-state index is 5.57. The van der Waals surface area contributed by atoms with Crippen molar-refractivity contribution in [3.05, 3.63) is 11.4 Å². The number of nitrogens with zero attached hydrogens (tertiary/aromatic N) is 2. The lowest BCUT2D eigenvalue weighted by molar-refractivity contribution is 0.126. The Morgan fingerprint density at radius 1 is 1.14 bits per heavy atom. The molecule has 0 radical (unpaired) electrons. The molecule has 0 amide bonds. The summed E-state index contributed by atoms with van der Waals surface area (Å²) in [6.07, 6.45) is 0. The van der Waals surface area contributed by atoms with Gasteiger partial charge in [0.05, 0.1) is 12.6 Å². The summed E-state index contributed by atoms with van der Waals surface area (Å²) < 4.78 is 5.56. The molecule has 0 aliphatic carbocycles. The first kappa shape index (κ1) is 17.7. The zero-order valence-corrected chi connectivity index (χ0v) is 14.0. The molecule has 4 N–H and O–H groups in total. The quantitative estimate of drug-likeness (QED) is 0.505. The number of nitrogens with two attached hydrogens (primary N) is 1. The van der Waals surface area contributed by atoms with E-state index in [0.29, 0.717) is 24.9 Å². The van der Waals surface area contributed by atoms with Gasteiger partial charge in [-0.05, 0) is 19.8 Å². The van der Waals surface area contributed by atoms with Crippen molar-refractivity contribution in [3.8, 4) is 0 Å². The molecular weight excluding hydrogens is 266 g/mol. The van der Waals surface area contributed by atoms with E-state index in [-0.39, 0.29) is 12.0 Å². The minimum Gasteiger partial charge on any atom is -0.380 e. The molecule has 0 fully saturated rings. The SMILES string of the molecule is CCOCC(Nc1nc(C(C)C)nc(NN)c1C)C(C)C. The standard InChI is InChI=1S/C15H29N5O/c1-7-21-8-12(9(2)3)17-14-11(6)15(20-16)19-13(18-14)10(4)5/h9-10,12H,7-8,16H2,1-6H3,(H2,17,18,19,20). The van der Waals surface area contributed by atoms with Crippen molar-refractivity contribution in [2.24, 2.45) is 11.8 Å². The van der Waals surface area contributed by atoms with E-state index in [1.807, 2.05) is 13.8 Å². The zero-order chi connectivity index (χ0) is 16.0. The van der Waals surface area contributed by atoms with Crippen molar-refractivity contribution in [1.29, 1.82) is 0 Å². The summed E-state index contributed by atoms with van der Waals surface area (Å²) in [5.41, 5.74) is 3.57. The molecule has 0 aliphatic rings. The molecule has 1 aromatic rings. The van der Waals surface area contributed by atoms with E-state index in [4.69, 9.17) is 10.6 Å². The monoisotopic (exact) mass is 295 g/mol. The number of aromatic nitrogens is 2. The van der Waals surface area contributed by atoms with Crippen LogP contribution in [0.3, 0.4) is 0 Å². The van der Waals surface area contributed by atoms with Crippen LogP contribution < -0.4 is 16.6 Å². The van der Waals surface area contributed by atoms with E-state index in [9.17, 15) is 0 Å². The fourth-order valence-electron chi connectivity index (χ4n) is 1.89. The maximum absolute atomic E-state index is 5.57. The van der Waals surface area contributed by atoms with Gasteiger partial charge < -0.3 is 15.5 Å². The molecule has 0 saturated heterocycles. The first-order chi connectivity index (χ1) is 9.90. The number of nitrogen functional groups attached to an aromatic ring is 1. The Labute approximate surface area is 127 Å². The molecule has 0 spiro atoms. The molecular formula is C15H29N5O. The van der Waals surface area contributed by atoms with Crippen LogP contribution in [-0.2, 0) is 4.74 Å². The van der Waals surface area contributed by atoms with Crippen LogP contribution >= 0.6 is 0 Å². The lowest BCUT2D eigenvalue weighted by atomic mass is 10.1. The summed E-state index contributed by atoms with van der Waals surface area (Å²) in [7, 11) is 0. The van der Waals surface area contributed by atoms with Crippen molar-refractivity contribution in [3.63, 3.8) is 0 Å². The molecule has 0 saturated carbocycles. The summed E-state index contributed by atoms with van der Waals surface area (Å²) in [5.74, 6) is 8.49. The number of hydrogen-bond donors (Lipinski definition) is 3. The second kappa shape index (κ2) is 8.14. The number of ether oxygens (including phenoxy) is 1. The number of anilines is 2. The van der Waals surface area contributed by atoms with Crippen molar-refractivity contribution in [1.82, 2.24) is 9.97 Å². The average molecular weight is 295 g/mol. The number of rotatable bonds is 8. The third-order valence-electron chi connectivity index (χ3n) is 3.44. The van der Waals surface area contributed by atoms with Gasteiger partial charge in [0.15, 0.2) is 0 Å². The molecule has 0 bridgehead atoms. The normalized spacial score (nSPS) is 12.8. The van der Waals surface area contributed by atoms with Crippen LogP contribution in [0.5, 0.6) is 0 Å². The summed E-state index contributed by atoms with van der Waals surface area (Å²) in [6, 6.07) is 0.198. The summed E-state index contributed by atoms with van der Waals surface area (Å²) >= 11 is 0. The third kappa shape index (κ3) is 4.82. The van der Waals surface area contributed by atoms with Gasteiger partial charge in [-0.3, -0.25) is 0 Å². The number of hydrazine groups is 1. The molecule has 120 valence electrons. The highest BCUT2D eigenvalue weighted by Crippen LogP contribution is 2.24. The highest BCUT2D eigenvalue weighted by Gasteiger charge is 2.18.